The molecule has 0 atom stereocenters. The largest absolute Gasteiger partial charge is 0.325 e. The van der Waals surface area contributed by atoms with Crippen LogP contribution in [0.25, 0.3) is 0 Å². The summed E-state index contributed by atoms with van der Waals surface area (Å²) >= 11 is 3.41. The molecule has 0 fully saturated rings. The summed E-state index contributed by atoms with van der Waals surface area (Å²) in [5.41, 5.74) is 5.67. The van der Waals surface area contributed by atoms with Crippen LogP contribution in [-0.4, -0.2) is 10.9 Å². The molecule has 134 valence electrons. The number of carbonyl (C=O) groups excluding carboxylic acids is 1. The van der Waals surface area contributed by atoms with E-state index in [-0.39, 0.29) is 5.91 Å². The van der Waals surface area contributed by atoms with Crippen molar-refractivity contribution in [3.63, 3.8) is 0 Å². The molecule has 0 bridgehead atoms. The number of carbonyl (C=O) groups is 1. The topological polar surface area (TPSA) is 42.0 Å². The molecular formula is C21H22N2OS2. The third-order valence-corrected chi connectivity index (χ3v) is 6.01. The molecule has 26 heavy (non-hydrogen) atoms. The maximum absolute atomic E-state index is 12.2. The third-order valence-electron chi connectivity index (χ3n) is 4.10. The highest BCUT2D eigenvalue weighted by atomic mass is 32.2. The van der Waals surface area contributed by atoms with Gasteiger partial charge in [-0.25, -0.2) is 4.98 Å². The second kappa shape index (κ2) is 9.01. The number of hydrogen-bond donors (Lipinski definition) is 1. The zero-order valence-corrected chi connectivity index (χ0v) is 16.6. The van der Waals surface area contributed by atoms with Crippen LogP contribution in [0.5, 0.6) is 0 Å². The number of hydrogen-bond acceptors (Lipinski definition) is 4. The lowest BCUT2D eigenvalue weighted by molar-refractivity contribution is -0.115. The molecule has 0 radical (unpaired) electrons. The molecule has 0 spiro atoms. The van der Waals surface area contributed by atoms with Crippen molar-refractivity contribution in [3.8, 4) is 0 Å². The van der Waals surface area contributed by atoms with Crippen molar-refractivity contribution in [2.24, 2.45) is 0 Å². The Balaban J connectivity index is 1.49. The zero-order chi connectivity index (χ0) is 18.4. The van der Waals surface area contributed by atoms with Crippen molar-refractivity contribution < 1.29 is 4.79 Å². The van der Waals surface area contributed by atoms with Crippen LogP contribution in [0.4, 0.5) is 5.69 Å². The van der Waals surface area contributed by atoms with Crippen LogP contribution in [0, 0.1) is 13.8 Å². The van der Waals surface area contributed by atoms with Crippen LogP contribution in [0.1, 0.15) is 27.4 Å². The van der Waals surface area contributed by atoms with Crippen molar-refractivity contribution in [2.75, 3.05) is 5.32 Å². The van der Waals surface area contributed by atoms with E-state index >= 15 is 0 Å². The molecule has 5 heteroatoms. The summed E-state index contributed by atoms with van der Waals surface area (Å²) in [4.78, 5) is 16.8. The van der Waals surface area contributed by atoms with E-state index in [0.717, 1.165) is 33.5 Å². The van der Waals surface area contributed by atoms with E-state index < -0.39 is 0 Å². The fourth-order valence-corrected chi connectivity index (χ4v) is 4.48. The molecule has 0 saturated carbocycles. The van der Waals surface area contributed by atoms with Crippen molar-refractivity contribution in [1.29, 1.82) is 0 Å². The fraction of sp³-hybridized carbons (Fsp3) is 0.238. The van der Waals surface area contributed by atoms with Crippen LogP contribution in [-0.2, 0) is 22.7 Å². The highest BCUT2D eigenvalue weighted by molar-refractivity contribution is 7.97. The number of anilines is 1. The number of aromatic nitrogens is 1. The first-order valence-electron chi connectivity index (χ1n) is 8.53. The summed E-state index contributed by atoms with van der Waals surface area (Å²) in [7, 11) is 0. The van der Waals surface area contributed by atoms with Crippen molar-refractivity contribution in [2.45, 2.75) is 31.8 Å². The number of thioether (sulfide) groups is 1. The average molecular weight is 383 g/mol. The van der Waals surface area contributed by atoms with Gasteiger partial charge in [0.25, 0.3) is 0 Å². The van der Waals surface area contributed by atoms with Gasteiger partial charge in [-0.2, -0.15) is 11.8 Å². The van der Waals surface area contributed by atoms with Crippen LogP contribution < -0.4 is 5.32 Å². The first kappa shape index (κ1) is 18.7. The predicted octanol–water partition coefficient (Wildman–Crippen LogP) is 5.37. The number of para-hydroxylation sites is 1. The summed E-state index contributed by atoms with van der Waals surface area (Å²) in [5.74, 6) is 1.82. The minimum absolute atomic E-state index is 0.0206. The van der Waals surface area contributed by atoms with Crippen LogP contribution in [0.15, 0.2) is 53.9 Å². The number of benzene rings is 2. The van der Waals surface area contributed by atoms with E-state index in [9.17, 15) is 4.79 Å². The summed E-state index contributed by atoms with van der Waals surface area (Å²) in [5, 5.41) is 5.88. The summed E-state index contributed by atoms with van der Waals surface area (Å²) in [6.07, 6.45) is 0.321. The van der Waals surface area contributed by atoms with Crippen LogP contribution in [0.3, 0.4) is 0 Å². The lowest BCUT2D eigenvalue weighted by atomic mass is 10.1. The number of aryl methyl sites for hydroxylation is 2. The molecule has 1 aromatic heterocycles. The molecule has 1 heterocycles. The maximum atomic E-state index is 12.2. The lowest BCUT2D eigenvalue weighted by Gasteiger charge is -2.06. The van der Waals surface area contributed by atoms with Crippen molar-refractivity contribution >= 4 is 34.7 Å². The van der Waals surface area contributed by atoms with Crippen molar-refractivity contribution in [1.82, 2.24) is 4.98 Å². The van der Waals surface area contributed by atoms with E-state index in [4.69, 9.17) is 0 Å². The van der Waals surface area contributed by atoms with Crippen LogP contribution in [0.2, 0.25) is 0 Å². The number of amides is 1. The Morgan fingerprint density at radius 1 is 1.04 bits per heavy atom. The molecule has 0 unspecified atom stereocenters. The molecule has 0 aliphatic heterocycles. The number of nitrogens with zero attached hydrogens (tertiary/aromatic N) is 1. The van der Waals surface area contributed by atoms with Gasteiger partial charge in [0, 0.05) is 22.6 Å². The summed E-state index contributed by atoms with van der Waals surface area (Å²) < 4.78 is 0. The Morgan fingerprint density at radius 2 is 1.77 bits per heavy atom. The van der Waals surface area contributed by atoms with Gasteiger partial charge >= 0.3 is 0 Å². The van der Waals surface area contributed by atoms with Gasteiger partial charge in [-0.15, -0.1) is 11.3 Å². The zero-order valence-electron chi connectivity index (χ0n) is 15.0. The molecule has 2 aromatic carbocycles. The van der Waals surface area contributed by atoms with E-state index in [1.807, 2.05) is 43.0 Å². The quantitative estimate of drug-likeness (QED) is 0.597. The standard InChI is InChI=1S/C21H22N2OS2/c1-15-7-3-5-9-17(15)12-25-13-18-14-26-21(22-18)11-20(24)23-19-10-6-4-8-16(19)2/h3-10,14H,11-13H2,1-2H3,(H,23,24). The molecule has 3 rings (SSSR count). The Hall–Kier alpha value is -2.11. The molecule has 0 aliphatic rings. The Bertz CT molecular complexity index is 889. The van der Waals surface area contributed by atoms with Gasteiger partial charge in [0.05, 0.1) is 12.1 Å². The number of thiazole rings is 1. The normalized spacial score (nSPS) is 10.7. The molecule has 3 aromatic rings. The van der Waals surface area contributed by atoms with E-state index in [0.29, 0.717) is 6.42 Å². The van der Waals surface area contributed by atoms with E-state index in [1.54, 1.807) is 11.3 Å². The van der Waals surface area contributed by atoms with E-state index in [1.165, 1.54) is 11.1 Å². The molecule has 0 saturated heterocycles. The predicted molar refractivity (Wildman–Crippen MR) is 112 cm³/mol. The van der Waals surface area contributed by atoms with Gasteiger partial charge in [0.15, 0.2) is 0 Å². The minimum Gasteiger partial charge on any atom is -0.325 e. The molecule has 3 nitrogen and oxygen atoms in total. The molecule has 1 amide bonds. The van der Waals surface area contributed by atoms with Gasteiger partial charge in [-0.1, -0.05) is 42.5 Å². The van der Waals surface area contributed by atoms with Gasteiger partial charge in [0.1, 0.15) is 5.01 Å². The summed E-state index contributed by atoms with van der Waals surface area (Å²) in [6, 6.07) is 16.3. The lowest BCUT2D eigenvalue weighted by Crippen LogP contribution is -2.15. The SMILES string of the molecule is Cc1ccccc1CSCc1csc(CC(=O)Nc2ccccc2C)n1. The second-order valence-electron chi connectivity index (χ2n) is 6.19. The smallest absolute Gasteiger partial charge is 0.231 e. The number of rotatable bonds is 7. The highest BCUT2D eigenvalue weighted by Crippen LogP contribution is 2.22. The van der Waals surface area contributed by atoms with Gasteiger partial charge in [-0.05, 0) is 36.6 Å². The first-order chi connectivity index (χ1) is 12.6. The minimum atomic E-state index is -0.0206. The highest BCUT2D eigenvalue weighted by Gasteiger charge is 2.10. The Labute approximate surface area is 162 Å². The van der Waals surface area contributed by atoms with Gasteiger partial charge in [0.2, 0.25) is 5.91 Å². The average Bonchev–Trinajstić information content (AvgIpc) is 3.06. The van der Waals surface area contributed by atoms with E-state index in [2.05, 4.69) is 46.9 Å². The second-order valence-corrected chi connectivity index (χ2v) is 8.12. The van der Waals surface area contributed by atoms with Gasteiger partial charge in [-0.3, -0.25) is 4.79 Å². The number of nitrogens with one attached hydrogen (secondary N) is 1. The molecule has 1 N–H and O–H groups in total. The summed E-state index contributed by atoms with van der Waals surface area (Å²) in [6.45, 7) is 4.13. The van der Waals surface area contributed by atoms with Crippen molar-refractivity contribution in [3.05, 3.63) is 81.3 Å². The van der Waals surface area contributed by atoms with Gasteiger partial charge < -0.3 is 5.32 Å². The fourth-order valence-electron chi connectivity index (χ4n) is 2.58. The molecular weight excluding hydrogens is 360 g/mol. The maximum Gasteiger partial charge on any atom is 0.231 e. The molecule has 0 aliphatic carbocycles. The first-order valence-corrected chi connectivity index (χ1v) is 10.6. The Morgan fingerprint density at radius 3 is 2.54 bits per heavy atom. The monoisotopic (exact) mass is 382 g/mol. The third kappa shape index (κ3) is 5.19. The Kier molecular flexibility index (Phi) is 6.47. The van der Waals surface area contributed by atoms with Crippen LogP contribution >= 0.6 is 23.1 Å².